The Morgan fingerprint density at radius 3 is 3.00 bits per heavy atom. The van der Waals surface area contributed by atoms with Gasteiger partial charge in [-0.2, -0.15) is 5.26 Å². The predicted molar refractivity (Wildman–Crippen MR) is 55.9 cm³/mol. The summed E-state index contributed by atoms with van der Waals surface area (Å²) >= 11 is 5.67. The van der Waals surface area contributed by atoms with Crippen LogP contribution in [0.15, 0.2) is 18.3 Å². The van der Waals surface area contributed by atoms with Crippen LogP contribution in [0.4, 0.5) is 0 Å². The summed E-state index contributed by atoms with van der Waals surface area (Å²) in [6.07, 6.45) is 2.26. The fraction of sp³-hybridized carbons (Fsp3) is 0.400. The van der Waals surface area contributed by atoms with Crippen molar-refractivity contribution in [3.63, 3.8) is 0 Å². The first-order valence-corrected chi connectivity index (χ1v) is 4.83. The molecule has 1 heterocycles. The number of hydrogen-bond acceptors (Lipinski definition) is 3. The minimum atomic E-state index is 0.202. The van der Waals surface area contributed by atoms with Gasteiger partial charge in [-0.15, -0.1) is 0 Å². The first-order chi connectivity index (χ1) is 6.74. The van der Waals surface area contributed by atoms with E-state index in [0.717, 1.165) is 5.56 Å². The Bertz CT molecular complexity index is 315. The zero-order chi connectivity index (χ0) is 10.4. The van der Waals surface area contributed by atoms with E-state index in [1.807, 2.05) is 13.0 Å². The van der Waals surface area contributed by atoms with Crippen LogP contribution in [0, 0.1) is 11.3 Å². The van der Waals surface area contributed by atoms with Crippen molar-refractivity contribution in [2.45, 2.75) is 19.4 Å². The lowest BCUT2D eigenvalue weighted by Crippen LogP contribution is -2.19. The molecule has 1 rings (SSSR count). The van der Waals surface area contributed by atoms with Gasteiger partial charge in [0, 0.05) is 25.2 Å². The topological polar surface area (TPSA) is 48.7 Å². The third-order valence-electron chi connectivity index (χ3n) is 1.94. The van der Waals surface area contributed by atoms with E-state index < -0.39 is 0 Å². The fourth-order valence-electron chi connectivity index (χ4n) is 1.11. The molecule has 14 heavy (non-hydrogen) atoms. The van der Waals surface area contributed by atoms with Crippen molar-refractivity contribution in [1.29, 1.82) is 5.26 Å². The van der Waals surface area contributed by atoms with Gasteiger partial charge in [0.2, 0.25) is 0 Å². The normalized spacial score (nSPS) is 12.1. The van der Waals surface area contributed by atoms with Crippen molar-refractivity contribution < 1.29 is 0 Å². The molecule has 0 aliphatic rings. The second-order valence-corrected chi connectivity index (χ2v) is 3.39. The number of nitriles is 1. The lowest BCUT2D eigenvalue weighted by Gasteiger charge is -2.12. The first-order valence-electron chi connectivity index (χ1n) is 4.46. The summed E-state index contributed by atoms with van der Waals surface area (Å²) in [6, 6.07) is 5.98. The van der Waals surface area contributed by atoms with E-state index in [1.54, 1.807) is 12.3 Å². The Kier molecular flexibility index (Phi) is 4.37. The van der Waals surface area contributed by atoms with Crippen molar-refractivity contribution in [2.24, 2.45) is 0 Å². The van der Waals surface area contributed by atoms with Crippen LogP contribution < -0.4 is 5.32 Å². The maximum absolute atomic E-state index is 8.37. The minimum absolute atomic E-state index is 0.202. The second-order valence-electron chi connectivity index (χ2n) is 3.00. The zero-order valence-corrected chi connectivity index (χ0v) is 8.75. The summed E-state index contributed by atoms with van der Waals surface area (Å²) < 4.78 is 0. The van der Waals surface area contributed by atoms with E-state index in [2.05, 4.69) is 16.4 Å². The predicted octanol–water partition coefficient (Wildman–Crippen LogP) is 2.30. The molecule has 0 spiro atoms. The standard InChI is InChI=1S/C10H12ClN3/c1-8(13-6-2-5-12)9-3-4-10(11)14-7-9/h3-4,7-8,13H,2,6H2,1H3. The van der Waals surface area contributed by atoms with Crippen LogP contribution in [0.3, 0.4) is 0 Å². The summed E-state index contributed by atoms with van der Waals surface area (Å²) in [6.45, 7) is 2.72. The van der Waals surface area contributed by atoms with Gasteiger partial charge in [-0.3, -0.25) is 0 Å². The Morgan fingerprint density at radius 2 is 2.43 bits per heavy atom. The number of nitrogens with zero attached hydrogens (tertiary/aromatic N) is 2. The molecule has 1 N–H and O–H groups in total. The van der Waals surface area contributed by atoms with Gasteiger partial charge >= 0.3 is 0 Å². The molecule has 0 aliphatic carbocycles. The molecule has 0 saturated carbocycles. The molecule has 0 amide bonds. The van der Waals surface area contributed by atoms with Crippen LogP contribution in [-0.2, 0) is 0 Å². The van der Waals surface area contributed by atoms with Gasteiger partial charge in [0.1, 0.15) is 5.15 Å². The van der Waals surface area contributed by atoms with Gasteiger partial charge in [-0.25, -0.2) is 4.98 Å². The molecule has 1 aromatic rings. The SMILES string of the molecule is CC(NCCC#N)c1ccc(Cl)nc1. The molecule has 1 unspecified atom stereocenters. The highest BCUT2D eigenvalue weighted by Gasteiger charge is 2.03. The van der Waals surface area contributed by atoms with E-state index in [9.17, 15) is 0 Å². The summed E-state index contributed by atoms with van der Waals surface area (Å²) in [5.41, 5.74) is 1.08. The van der Waals surface area contributed by atoms with Gasteiger partial charge in [-0.05, 0) is 18.6 Å². The van der Waals surface area contributed by atoms with Crippen LogP contribution in [0.1, 0.15) is 24.9 Å². The highest BCUT2D eigenvalue weighted by molar-refractivity contribution is 6.29. The van der Waals surface area contributed by atoms with Crippen molar-refractivity contribution in [3.05, 3.63) is 29.0 Å². The summed E-state index contributed by atoms with van der Waals surface area (Å²) in [7, 11) is 0. The van der Waals surface area contributed by atoms with Crippen LogP contribution in [-0.4, -0.2) is 11.5 Å². The molecule has 1 atom stereocenters. The van der Waals surface area contributed by atoms with Crippen molar-refractivity contribution in [1.82, 2.24) is 10.3 Å². The first kappa shape index (κ1) is 11.0. The Balaban J connectivity index is 2.48. The van der Waals surface area contributed by atoms with Crippen LogP contribution in [0.2, 0.25) is 5.15 Å². The van der Waals surface area contributed by atoms with Crippen LogP contribution in [0.5, 0.6) is 0 Å². The summed E-state index contributed by atoms with van der Waals surface area (Å²) in [5.74, 6) is 0. The van der Waals surface area contributed by atoms with Crippen molar-refractivity contribution >= 4 is 11.6 Å². The molecular weight excluding hydrogens is 198 g/mol. The third-order valence-corrected chi connectivity index (χ3v) is 2.16. The Morgan fingerprint density at radius 1 is 1.64 bits per heavy atom. The Hall–Kier alpha value is -1.11. The van der Waals surface area contributed by atoms with E-state index in [1.165, 1.54) is 0 Å². The fourth-order valence-corrected chi connectivity index (χ4v) is 1.22. The molecular formula is C10H12ClN3. The molecule has 4 heteroatoms. The van der Waals surface area contributed by atoms with Crippen molar-refractivity contribution in [3.8, 4) is 6.07 Å². The highest BCUT2D eigenvalue weighted by atomic mass is 35.5. The lowest BCUT2D eigenvalue weighted by atomic mass is 10.1. The summed E-state index contributed by atoms with van der Waals surface area (Å²) in [5, 5.41) is 12.1. The number of nitrogens with one attached hydrogen (secondary N) is 1. The van der Waals surface area contributed by atoms with Gasteiger partial charge in [0.15, 0.2) is 0 Å². The van der Waals surface area contributed by atoms with E-state index in [0.29, 0.717) is 18.1 Å². The molecule has 0 aromatic carbocycles. The largest absolute Gasteiger partial charge is 0.309 e. The lowest BCUT2D eigenvalue weighted by molar-refractivity contribution is 0.581. The number of aromatic nitrogens is 1. The molecule has 0 aliphatic heterocycles. The third kappa shape index (κ3) is 3.33. The smallest absolute Gasteiger partial charge is 0.129 e. The van der Waals surface area contributed by atoms with E-state index in [4.69, 9.17) is 16.9 Å². The van der Waals surface area contributed by atoms with E-state index >= 15 is 0 Å². The maximum Gasteiger partial charge on any atom is 0.129 e. The zero-order valence-electron chi connectivity index (χ0n) is 8.00. The second kappa shape index (κ2) is 5.58. The molecule has 0 bridgehead atoms. The molecule has 0 saturated heterocycles. The number of halogens is 1. The molecule has 3 nitrogen and oxygen atoms in total. The van der Waals surface area contributed by atoms with Crippen LogP contribution in [0.25, 0.3) is 0 Å². The van der Waals surface area contributed by atoms with Gasteiger partial charge in [-0.1, -0.05) is 17.7 Å². The minimum Gasteiger partial charge on any atom is -0.309 e. The van der Waals surface area contributed by atoms with Crippen molar-refractivity contribution in [2.75, 3.05) is 6.54 Å². The van der Waals surface area contributed by atoms with Gasteiger partial charge in [0.05, 0.1) is 6.07 Å². The average Bonchev–Trinajstić information content (AvgIpc) is 2.19. The van der Waals surface area contributed by atoms with E-state index in [-0.39, 0.29) is 6.04 Å². The highest BCUT2D eigenvalue weighted by Crippen LogP contribution is 2.12. The molecule has 1 aromatic heterocycles. The molecule has 74 valence electrons. The average molecular weight is 210 g/mol. The molecule has 0 radical (unpaired) electrons. The molecule has 0 fully saturated rings. The van der Waals surface area contributed by atoms with Gasteiger partial charge in [0.25, 0.3) is 0 Å². The quantitative estimate of drug-likeness (QED) is 0.612. The Labute approximate surface area is 88.7 Å². The monoisotopic (exact) mass is 209 g/mol. The number of pyridine rings is 1. The number of rotatable bonds is 4. The van der Waals surface area contributed by atoms with Gasteiger partial charge < -0.3 is 5.32 Å². The van der Waals surface area contributed by atoms with Crippen LogP contribution >= 0.6 is 11.6 Å². The maximum atomic E-state index is 8.37. The summed E-state index contributed by atoms with van der Waals surface area (Å²) in [4.78, 5) is 3.99. The number of hydrogen-bond donors (Lipinski definition) is 1.